The largest absolute Gasteiger partial charge is 0.192 e. The molecule has 0 unspecified atom stereocenters. The van der Waals surface area contributed by atoms with Crippen LogP contribution in [0.3, 0.4) is 0 Å². The molecule has 0 spiro atoms. The van der Waals surface area contributed by atoms with Gasteiger partial charge >= 0.3 is 0 Å². The summed E-state index contributed by atoms with van der Waals surface area (Å²) in [6, 6.07) is 14.0. The first-order valence-electron chi connectivity index (χ1n) is 10.4. The lowest BCUT2D eigenvalue weighted by atomic mass is 9.97. The molecule has 6 heteroatoms. The maximum atomic E-state index is 9.53. The van der Waals surface area contributed by atoms with Crippen LogP contribution in [0.25, 0.3) is 25.1 Å². The molecule has 3 heterocycles. The van der Waals surface area contributed by atoms with Crippen molar-refractivity contribution in [2.24, 2.45) is 0 Å². The van der Waals surface area contributed by atoms with E-state index in [4.69, 9.17) is 0 Å². The smallest absolute Gasteiger partial charge is 0.148 e. The number of hydrogen-bond donors (Lipinski definition) is 0. The van der Waals surface area contributed by atoms with Crippen molar-refractivity contribution in [1.82, 2.24) is 0 Å². The van der Waals surface area contributed by atoms with Crippen LogP contribution >= 0.6 is 34.0 Å². The number of hydrogen-bond acceptors (Lipinski definition) is 6. The van der Waals surface area contributed by atoms with Gasteiger partial charge in [-0.1, -0.05) is 32.8 Å². The van der Waals surface area contributed by atoms with Crippen LogP contribution < -0.4 is 0 Å². The van der Waals surface area contributed by atoms with Crippen molar-refractivity contribution in [2.75, 3.05) is 0 Å². The van der Waals surface area contributed by atoms with Gasteiger partial charge < -0.3 is 0 Å². The third-order valence-electron chi connectivity index (χ3n) is 5.08. The zero-order chi connectivity index (χ0) is 22.2. The maximum Gasteiger partial charge on any atom is 0.148 e. The second kappa shape index (κ2) is 11.1. The molecule has 0 bridgehead atoms. The maximum absolute atomic E-state index is 9.53. The molecule has 3 nitrogen and oxygen atoms in total. The summed E-state index contributed by atoms with van der Waals surface area (Å²) in [4.78, 5) is 5.73. The minimum Gasteiger partial charge on any atom is -0.192 e. The van der Waals surface area contributed by atoms with Gasteiger partial charge in [0.1, 0.15) is 23.8 Å². The van der Waals surface area contributed by atoms with Crippen molar-refractivity contribution in [3.05, 3.63) is 51.2 Å². The molecule has 0 aliphatic rings. The predicted molar refractivity (Wildman–Crippen MR) is 132 cm³/mol. The summed E-state index contributed by atoms with van der Waals surface area (Å²) in [5, 5.41) is 30.1. The SMILES string of the molecule is CCCCc1c(-c2cccs2)sc(-c2ccc(C(C#N)=C(C#N)C#N)s2)c1CCCC. The fourth-order valence-corrected chi connectivity index (χ4v) is 6.93. The summed E-state index contributed by atoms with van der Waals surface area (Å²) in [7, 11) is 0. The third kappa shape index (κ3) is 4.97. The first kappa shape index (κ1) is 23.0. The molecular weight excluding hydrogens is 438 g/mol. The molecule has 0 N–H and O–H groups in total. The van der Waals surface area contributed by atoms with E-state index in [0.29, 0.717) is 4.88 Å². The van der Waals surface area contributed by atoms with Gasteiger partial charge in [0.25, 0.3) is 0 Å². The average molecular weight is 462 g/mol. The Bertz CT molecular complexity index is 1170. The van der Waals surface area contributed by atoms with E-state index in [-0.39, 0.29) is 11.1 Å². The van der Waals surface area contributed by atoms with Gasteiger partial charge in [0.2, 0.25) is 0 Å². The zero-order valence-electron chi connectivity index (χ0n) is 17.7. The lowest BCUT2D eigenvalue weighted by Gasteiger charge is -2.08. The summed E-state index contributed by atoms with van der Waals surface area (Å²) in [6.07, 6.45) is 6.73. The minimum atomic E-state index is -0.129. The van der Waals surface area contributed by atoms with Crippen LogP contribution in [-0.2, 0) is 12.8 Å². The highest BCUT2D eigenvalue weighted by molar-refractivity contribution is 7.26. The standard InChI is InChI=1S/C25H23N3S3/c1-3-5-8-18-19(9-6-4-2)25(31-24(18)22-10-7-13-29-22)23-12-11-21(30-23)20(16-28)17(14-26)15-27/h7,10-13H,3-6,8-9H2,1-2H3. The van der Waals surface area contributed by atoms with Crippen molar-refractivity contribution in [1.29, 1.82) is 15.8 Å². The number of allylic oxidation sites excluding steroid dienone is 2. The van der Waals surface area contributed by atoms with Crippen molar-refractivity contribution in [2.45, 2.75) is 52.4 Å². The van der Waals surface area contributed by atoms with Gasteiger partial charge in [0.05, 0.1) is 5.57 Å². The Morgan fingerprint density at radius 3 is 1.97 bits per heavy atom. The van der Waals surface area contributed by atoms with E-state index in [0.717, 1.165) is 37.0 Å². The molecule has 156 valence electrons. The van der Waals surface area contributed by atoms with Crippen LogP contribution in [-0.4, -0.2) is 0 Å². The number of nitrogens with zero attached hydrogens (tertiary/aromatic N) is 3. The van der Waals surface area contributed by atoms with Crippen molar-refractivity contribution < 1.29 is 0 Å². The molecule has 0 fully saturated rings. The lowest BCUT2D eigenvalue weighted by Crippen LogP contribution is -1.94. The van der Waals surface area contributed by atoms with Crippen molar-refractivity contribution in [3.8, 4) is 37.7 Å². The Kier molecular flexibility index (Phi) is 8.21. The lowest BCUT2D eigenvalue weighted by molar-refractivity contribution is 0.764. The van der Waals surface area contributed by atoms with Gasteiger partial charge in [0, 0.05) is 24.4 Å². The van der Waals surface area contributed by atoms with E-state index >= 15 is 0 Å². The highest BCUT2D eigenvalue weighted by Gasteiger charge is 2.22. The van der Waals surface area contributed by atoms with Crippen LogP contribution in [0.1, 0.15) is 55.5 Å². The van der Waals surface area contributed by atoms with Crippen LogP contribution in [0.4, 0.5) is 0 Å². The molecule has 31 heavy (non-hydrogen) atoms. The molecule has 0 saturated heterocycles. The predicted octanol–water partition coefficient (Wildman–Crippen LogP) is 8.21. The van der Waals surface area contributed by atoms with E-state index in [1.54, 1.807) is 11.3 Å². The summed E-state index contributed by atoms with van der Waals surface area (Å²) < 4.78 is 0. The van der Waals surface area contributed by atoms with E-state index in [1.807, 2.05) is 35.6 Å². The van der Waals surface area contributed by atoms with Crippen LogP contribution in [0, 0.1) is 34.0 Å². The van der Waals surface area contributed by atoms with E-state index in [9.17, 15) is 15.8 Å². The van der Waals surface area contributed by atoms with Crippen LogP contribution in [0.15, 0.2) is 35.2 Å². The fourth-order valence-electron chi connectivity index (χ4n) is 3.51. The van der Waals surface area contributed by atoms with Crippen LogP contribution in [0.2, 0.25) is 0 Å². The Morgan fingerprint density at radius 1 is 0.806 bits per heavy atom. The second-order valence-corrected chi connectivity index (χ2v) is 10.2. The van der Waals surface area contributed by atoms with E-state index in [1.165, 1.54) is 43.5 Å². The Morgan fingerprint density at radius 2 is 1.45 bits per heavy atom. The first-order valence-corrected chi connectivity index (χ1v) is 12.9. The molecule has 0 aromatic carbocycles. The van der Waals surface area contributed by atoms with Gasteiger partial charge in [0.15, 0.2) is 0 Å². The van der Waals surface area contributed by atoms with Crippen molar-refractivity contribution >= 4 is 39.6 Å². The molecule has 0 amide bonds. The topological polar surface area (TPSA) is 71.4 Å². The van der Waals surface area contributed by atoms with Crippen LogP contribution in [0.5, 0.6) is 0 Å². The highest BCUT2D eigenvalue weighted by Crippen LogP contribution is 2.47. The monoisotopic (exact) mass is 461 g/mol. The number of unbranched alkanes of at least 4 members (excludes halogenated alkanes) is 2. The normalized spacial score (nSPS) is 10.3. The molecule has 0 aliphatic carbocycles. The quantitative estimate of drug-likeness (QED) is 0.301. The van der Waals surface area contributed by atoms with Gasteiger partial charge in [-0.3, -0.25) is 0 Å². The number of thiophene rings is 3. The second-order valence-electron chi connectivity index (χ2n) is 7.15. The molecule has 3 aromatic rings. The Hall–Kier alpha value is -2.69. The molecule has 0 saturated carbocycles. The average Bonchev–Trinajstić information content (AvgIpc) is 3.54. The van der Waals surface area contributed by atoms with Gasteiger partial charge in [-0.05, 0) is 60.4 Å². The van der Waals surface area contributed by atoms with Gasteiger partial charge in [-0.15, -0.1) is 34.0 Å². The van der Waals surface area contributed by atoms with Gasteiger partial charge in [-0.25, -0.2) is 0 Å². The molecule has 0 aliphatic heterocycles. The summed E-state index contributed by atoms with van der Waals surface area (Å²) in [5.41, 5.74) is 2.94. The molecule has 3 rings (SSSR count). The first-order chi connectivity index (χ1) is 15.2. The Balaban J connectivity index is 2.16. The fraction of sp³-hybridized carbons (Fsp3) is 0.320. The van der Waals surface area contributed by atoms with E-state index in [2.05, 4.69) is 37.4 Å². The number of nitriles is 3. The van der Waals surface area contributed by atoms with E-state index < -0.39 is 0 Å². The number of rotatable bonds is 9. The van der Waals surface area contributed by atoms with Gasteiger partial charge in [-0.2, -0.15) is 15.8 Å². The van der Waals surface area contributed by atoms with Crippen molar-refractivity contribution in [3.63, 3.8) is 0 Å². The summed E-state index contributed by atoms with van der Waals surface area (Å²) in [5.74, 6) is 0. The summed E-state index contributed by atoms with van der Waals surface area (Å²) >= 11 is 5.12. The minimum absolute atomic E-state index is 0.129. The molecular formula is C25H23N3S3. The highest BCUT2D eigenvalue weighted by atomic mass is 32.1. The molecule has 0 radical (unpaired) electrons. The third-order valence-corrected chi connectivity index (χ3v) is 8.69. The molecule has 0 atom stereocenters. The molecule has 3 aromatic heterocycles. The summed E-state index contributed by atoms with van der Waals surface area (Å²) in [6.45, 7) is 4.45. The Labute approximate surface area is 196 Å². The zero-order valence-corrected chi connectivity index (χ0v) is 20.1.